The minimum Gasteiger partial charge on any atom is -0.465 e. The summed E-state index contributed by atoms with van der Waals surface area (Å²) in [5.41, 5.74) is -0.362. The highest BCUT2D eigenvalue weighted by Crippen LogP contribution is 2.27. The number of hydroxylamine groups is 2. The highest BCUT2D eigenvalue weighted by molar-refractivity contribution is 5.45. The van der Waals surface area contributed by atoms with E-state index in [1.807, 2.05) is 20.8 Å². The third-order valence-electron chi connectivity index (χ3n) is 2.99. The first-order valence-corrected chi connectivity index (χ1v) is 6.45. The first-order chi connectivity index (χ1) is 8.44. The molecule has 0 saturated heterocycles. The van der Waals surface area contributed by atoms with Crippen LogP contribution in [0.25, 0.3) is 0 Å². The third-order valence-corrected chi connectivity index (χ3v) is 2.99. The van der Waals surface area contributed by atoms with Gasteiger partial charge >= 0.3 is 0 Å². The van der Waals surface area contributed by atoms with E-state index in [2.05, 4.69) is 0 Å². The molecule has 0 aliphatic heterocycles. The fourth-order valence-corrected chi connectivity index (χ4v) is 2.24. The monoisotopic (exact) mass is 257 g/mol. The van der Waals surface area contributed by atoms with Crippen molar-refractivity contribution < 1.29 is 19.2 Å². The third kappa shape index (κ3) is 5.49. The van der Waals surface area contributed by atoms with Crippen molar-refractivity contribution in [2.45, 2.75) is 58.2 Å². The van der Waals surface area contributed by atoms with Gasteiger partial charge in [0.05, 0.1) is 12.1 Å². The average molecular weight is 257 g/mol. The van der Waals surface area contributed by atoms with Crippen molar-refractivity contribution in [2.75, 3.05) is 6.54 Å². The zero-order valence-corrected chi connectivity index (χ0v) is 11.4. The quantitative estimate of drug-likeness (QED) is 0.539. The molecule has 5 heteroatoms. The van der Waals surface area contributed by atoms with E-state index in [9.17, 15) is 9.59 Å². The Hall–Kier alpha value is -1.10. The second kappa shape index (κ2) is 6.73. The lowest BCUT2D eigenvalue weighted by Gasteiger charge is -2.32. The Bertz CT molecular complexity index is 267. The Kier molecular flexibility index (Phi) is 5.59. The fraction of sp³-hybridized carbons (Fsp3) is 0.846. The van der Waals surface area contributed by atoms with Crippen LogP contribution < -0.4 is 0 Å². The van der Waals surface area contributed by atoms with Gasteiger partial charge in [0.15, 0.2) is 0 Å². The Morgan fingerprint density at radius 3 is 2.22 bits per heavy atom. The second-order valence-corrected chi connectivity index (χ2v) is 5.78. The van der Waals surface area contributed by atoms with Crippen LogP contribution in [0.5, 0.6) is 0 Å². The maximum absolute atomic E-state index is 11.0. The molecule has 0 unspecified atom stereocenters. The van der Waals surface area contributed by atoms with E-state index in [0.717, 1.165) is 32.1 Å². The van der Waals surface area contributed by atoms with E-state index in [4.69, 9.17) is 9.57 Å². The van der Waals surface area contributed by atoms with E-state index in [1.165, 1.54) is 5.06 Å². The van der Waals surface area contributed by atoms with Gasteiger partial charge in [0.1, 0.15) is 6.10 Å². The lowest BCUT2D eigenvalue weighted by molar-refractivity contribution is -0.221. The van der Waals surface area contributed by atoms with Gasteiger partial charge in [-0.15, -0.1) is 0 Å². The number of carbonyl (C=O) groups excluding carboxylic acids is 2. The van der Waals surface area contributed by atoms with Crippen molar-refractivity contribution in [3.8, 4) is 0 Å². The molecule has 0 spiro atoms. The van der Waals surface area contributed by atoms with Gasteiger partial charge in [-0.05, 0) is 52.4 Å². The molecule has 0 aromatic rings. The summed E-state index contributed by atoms with van der Waals surface area (Å²) in [5, 5.41) is 1.38. The van der Waals surface area contributed by atoms with E-state index in [0.29, 0.717) is 18.9 Å². The Labute approximate surface area is 108 Å². The van der Waals surface area contributed by atoms with Crippen LogP contribution in [0.2, 0.25) is 0 Å². The minimum absolute atomic E-state index is 0.0481. The van der Waals surface area contributed by atoms with Gasteiger partial charge in [0.2, 0.25) is 6.41 Å². The van der Waals surface area contributed by atoms with E-state index >= 15 is 0 Å². The number of nitrogens with zero attached hydrogens (tertiary/aromatic N) is 1. The highest BCUT2D eigenvalue weighted by Gasteiger charge is 2.25. The van der Waals surface area contributed by atoms with Crippen molar-refractivity contribution in [2.24, 2.45) is 5.92 Å². The van der Waals surface area contributed by atoms with E-state index in [-0.39, 0.29) is 11.7 Å². The van der Waals surface area contributed by atoms with Crippen molar-refractivity contribution in [1.82, 2.24) is 5.06 Å². The van der Waals surface area contributed by atoms with Gasteiger partial charge in [-0.3, -0.25) is 14.4 Å². The lowest BCUT2D eigenvalue weighted by atomic mass is 9.87. The molecule has 0 atom stereocenters. The van der Waals surface area contributed by atoms with Crippen LogP contribution in [0.15, 0.2) is 0 Å². The molecule has 1 aliphatic rings. The molecule has 1 amide bonds. The molecule has 0 aromatic carbocycles. The van der Waals surface area contributed by atoms with Crippen LogP contribution >= 0.6 is 0 Å². The largest absolute Gasteiger partial charge is 0.465 e. The normalized spacial score (nSPS) is 24.4. The summed E-state index contributed by atoms with van der Waals surface area (Å²) in [6.45, 7) is 6.87. The van der Waals surface area contributed by atoms with Crippen LogP contribution in [0, 0.1) is 5.92 Å². The minimum atomic E-state index is -0.362. The van der Waals surface area contributed by atoms with Crippen molar-refractivity contribution in [3.63, 3.8) is 0 Å². The molecule has 104 valence electrons. The Morgan fingerprint density at radius 1 is 1.17 bits per heavy atom. The maximum Gasteiger partial charge on any atom is 0.293 e. The average Bonchev–Trinajstić information content (AvgIpc) is 2.29. The first-order valence-electron chi connectivity index (χ1n) is 6.45. The topological polar surface area (TPSA) is 55.8 Å². The predicted molar refractivity (Wildman–Crippen MR) is 66.5 cm³/mol. The Morgan fingerprint density at radius 2 is 1.78 bits per heavy atom. The Balaban J connectivity index is 2.34. The standard InChI is InChI=1S/C13H23NO4/c1-13(2,3)18-14(9-15)8-11-4-6-12(7-5-11)17-10-16/h9-12H,4-8H2,1-3H3. The lowest BCUT2D eigenvalue weighted by Crippen LogP contribution is -2.37. The molecule has 1 aliphatic carbocycles. The summed E-state index contributed by atoms with van der Waals surface area (Å²) in [5.74, 6) is 0.420. The van der Waals surface area contributed by atoms with Crippen molar-refractivity contribution in [1.29, 1.82) is 0 Å². The van der Waals surface area contributed by atoms with Crippen LogP contribution in [-0.2, 0) is 19.2 Å². The summed E-state index contributed by atoms with van der Waals surface area (Å²) in [6, 6.07) is 0. The molecular formula is C13H23NO4. The molecule has 1 fully saturated rings. The number of amides is 1. The molecule has 0 radical (unpaired) electrons. The second-order valence-electron chi connectivity index (χ2n) is 5.78. The SMILES string of the molecule is CC(C)(C)ON(C=O)CC1CCC(OC=O)CC1. The first kappa shape index (κ1) is 15.0. The van der Waals surface area contributed by atoms with Crippen molar-refractivity contribution >= 4 is 12.9 Å². The number of hydrogen-bond acceptors (Lipinski definition) is 4. The van der Waals surface area contributed by atoms with Crippen LogP contribution in [0.1, 0.15) is 46.5 Å². The number of carbonyl (C=O) groups is 2. The molecule has 1 saturated carbocycles. The molecule has 0 aromatic heterocycles. The van der Waals surface area contributed by atoms with Gasteiger partial charge in [0, 0.05) is 0 Å². The van der Waals surface area contributed by atoms with Gasteiger partial charge in [0.25, 0.3) is 6.47 Å². The smallest absolute Gasteiger partial charge is 0.293 e. The summed E-state index contributed by atoms with van der Waals surface area (Å²) >= 11 is 0. The summed E-state index contributed by atoms with van der Waals surface area (Å²) < 4.78 is 4.95. The summed E-state index contributed by atoms with van der Waals surface area (Å²) in [4.78, 5) is 26.7. The molecule has 5 nitrogen and oxygen atoms in total. The van der Waals surface area contributed by atoms with Gasteiger partial charge in [-0.25, -0.2) is 5.06 Å². The van der Waals surface area contributed by atoms with Crippen LogP contribution in [0.3, 0.4) is 0 Å². The van der Waals surface area contributed by atoms with E-state index in [1.54, 1.807) is 0 Å². The van der Waals surface area contributed by atoms with Gasteiger partial charge in [-0.1, -0.05) is 0 Å². The molecular weight excluding hydrogens is 234 g/mol. The van der Waals surface area contributed by atoms with Gasteiger partial charge < -0.3 is 4.74 Å². The fourth-order valence-electron chi connectivity index (χ4n) is 2.24. The predicted octanol–water partition coefficient (Wildman–Crippen LogP) is 1.91. The number of rotatable bonds is 6. The number of hydrogen-bond donors (Lipinski definition) is 0. The molecule has 0 N–H and O–H groups in total. The maximum atomic E-state index is 11.0. The molecule has 0 bridgehead atoms. The van der Waals surface area contributed by atoms with Gasteiger partial charge in [-0.2, -0.15) is 0 Å². The van der Waals surface area contributed by atoms with E-state index < -0.39 is 0 Å². The summed E-state index contributed by atoms with van der Waals surface area (Å²) in [6.07, 6.45) is 4.43. The van der Waals surface area contributed by atoms with Crippen LogP contribution in [-0.4, -0.2) is 36.2 Å². The zero-order chi connectivity index (χ0) is 13.6. The van der Waals surface area contributed by atoms with Crippen LogP contribution in [0.4, 0.5) is 0 Å². The highest BCUT2D eigenvalue weighted by atomic mass is 16.7. The molecule has 18 heavy (non-hydrogen) atoms. The zero-order valence-electron chi connectivity index (χ0n) is 11.4. The molecule has 1 rings (SSSR count). The summed E-state index contributed by atoms with van der Waals surface area (Å²) in [7, 11) is 0. The molecule has 0 heterocycles. The van der Waals surface area contributed by atoms with Crippen molar-refractivity contribution in [3.05, 3.63) is 0 Å². The number of ether oxygens (including phenoxy) is 1.